The first-order valence-corrected chi connectivity index (χ1v) is 12.7. The molecule has 2 heterocycles. The summed E-state index contributed by atoms with van der Waals surface area (Å²) in [4.78, 5) is 33.2. The van der Waals surface area contributed by atoms with Gasteiger partial charge in [0.1, 0.15) is 5.00 Å². The number of piperidine rings is 1. The Morgan fingerprint density at radius 3 is 2.65 bits per heavy atom. The van der Waals surface area contributed by atoms with Gasteiger partial charge in [-0.2, -0.15) is 0 Å². The summed E-state index contributed by atoms with van der Waals surface area (Å²) in [5.41, 5.74) is 1.24. The van der Waals surface area contributed by atoms with Gasteiger partial charge in [-0.25, -0.2) is 4.98 Å². The van der Waals surface area contributed by atoms with Crippen LogP contribution in [0.25, 0.3) is 0 Å². The number of thiazole rings is 1. The summed E-state index contributed by atoms with van der Waals surface area (Å²) < 4.78 is 0. The van der Waals surface area contributed by atoms with Crippen molar-refractivity contribution in [1.29, 1.82) is 0 Å². The maximum absolute atomic E-state index is 13.0. The SMILES string of the molecule is C=CC(=O)Nc1ccc(C(=O)N2CCC[C@@H](Nc3ncc(N(C)C4CCC(O)CC4)s3)C2)cc1. The van der Waals surface area contributed by atoms with Gasteiger partial charge in [0.15, 0.2) is 5.13 Å². The molecular weight excluding hydrogens is 450 g/mol. The van der Waals surface area contributed by atoms with E-state index in [2.05, 4.69) is 34.1 Å². The molecular formula is C25H33N5O3S. The van der Waals surface area contributed by atoms with Crippen molar-refractivity contribution in [2.24, 2.45) is 0 Å². The molecule has 1 saturated carbocycles. The normalized spacial score (nSPS) is 22.6. The Morgan fingerprint density at radius 1 is 1.21 bits per heavy atom. The Kier molecular flexibility index (Phi) is 7.84. The number of anilines is 3. The topological polar surface area (TPSA) is 97.8 Å². The van der Waals surface area contributed by atoms with Crippen molar-refractivity contribution < 1.29 is 14.7 Å². The van der Waals surface area contributed by atoms with Crippen molar-refractivity contribution in [3.05, 3.63) is 48.7 Å². The minimum atomic E-state index is -0.280. The molecule has 8 nitrogen and oxygen atoms in total. The van der Waals surface area contributed by atoms with Crippen LogP contribution in [0.3, 0.4) is 0 Å². The van der Waals surface area contributed by atoms with Gasteiger partial charge in [-0.05, 0) is 68.9 Å². The minimum absolute atomic E-state index is 0.00727. The lowest BCUT2D eigenvalue weighted by Crippen LogP contribution is -2.45. The first-order chi connectivity index (χ1) is 16.4. The van der Waals surface area contributed by atoms with Gasteiger partial charge in [0.25, 0.3) is 5.91 Å². The number of nitrogens with one attached hydrogen (secondary N) is 2. The quantitative estimate of drug-likeness (QED) is 0.519. The van der Waals surface area contributed by atoms with Crippen LogP contribution in [0, 0.1) is 0 Å². The van der Waals surface area contributed by atoms with E-state index in [9.17, 15) is 14.7 Å². The summed E-state index contributed by atoms with van der Waals surface area (Å²) in [7, 11) is 2.11. The fourth-order valence-electron chi connectivity index (χ4n) is 4.65. The summed E-state index contributed by atoms with van der Waals surface area (Å²) in [5.74, 6) is -0.287. The third-order valence-corrected chi connectivity index (χ3v) is 7.70. The number of rotatable bonds is 7. The van der Waals surface area contributed by atoms with Crippen molar-refractivity contribution >= 4 is 39.0 Å². The van der Waals surface area contributed by atoms with E-state index in [1.165, 1.54) is 6.08 Å². The molecule has 1 saturated heterocycles. The molecule has 0 unspecified atom stereocenters. The number of carbonyl (C=O) groups is 2. The Labute approximate surface area is 204 Å². The Bertz CT molecular complexity index is 1000. The second kappa shape index (κ2) is 11.0. The van der Waals surface area contributed by atoms with Crippen LogP contribution in [0.2, 0.25) is 0 Å². The lowest BCUT2D eigenvalue weighted by molar-refractivity contribution is -0.111. The number of aliphatic hydroxyl groups excluding tert-OH is 1. The fraction of sp³-hybridized carbons (Fsp3) is 0.480. The summed E-state index contributed by atoms with van der Waals surface area (Å²) in [5, 5.41) is 18.0. The van der Waals surface area contributed by atoms with Gasteiger partial charge >= 0.3 is 0 Å². The zero-order chi connectivity index (χ0) is 24.1. The molecule has 4 rings (SSSR count). The minimum Gasteiger partial charge on any atom is -0.393 e. The summed E-state index contributed by atoms with van der Waals surface area (Å²) in [6.45, 7) is 4.79. The molecule has 1 atom stereocenters. The molecule has 1 aliphatic heterocycles. The molecule has 1 aliphatic carbocycles. The molecule has 2 amide bonds. The van der Waals surface area contributed by atoms with E-state index in [-0.39, 0.29) is 24.0 Å². The lowest BCUT2D eigenvalue weighted by Gasteiger charge is -2.33. The number of likely N-dealkylation sites (tertiary alicyclic amines) is 1. The number of amides is 2. The van der Waals surface area contributed by atoms with Crippen LogP contribution in [0.15, 0.2) is 43.1 Å². The first-order valence-electron chi connectivity index (χ1n) is 11.9. The van der Waals surface area contributed by atoms with Crippen molar-refractivity contribution in [1.82, 2.24) is 9.88 Å². The maximum Gasteiger partial charge on any atom is 0.253 e. The summed E-state index contributed by atoms with van der Waals surface area (Å²) in [6.07, 6.45) is 8.60. The second-order valence-electron chi connectivity index (χ2n) is 9.08. The first kappa shape index (κ1) is 24.2. The average Bonchev–Trinajstić information content (AvgIpc) is 3.32. The third kappa shape index (κ3) is 5.95. The smallest absolute Gasteiger partial charge is 0.253 e. The molecule has 1 aromatic carbocycles. The Balaban J connectivity index is 1.32. The number of carbonyl (C=O) groups excluding carboxylic acids is 2. The van der Waals surface area contributed by atoms with Crippen molar-refractivity contribution in [2.45, 2.75) is 56.7 Å². The number of hydrogen-bond donors (Lipinski definition) is 3. The highest BCUT2D eigenvalue weighted by Crippen LogP contribution is 2.32. The van der Waals surface area contributed by atoms with E-state index in [1.54, 1.807) is 35.6 Å². The fourth-order valence-corrected chi connectivity index (χ4v) is 5.57. The molecule has 2 aromatic rings. The highest BCUT2D eigenvalue weighted by atomic mass is 32.1. The van der Waals surface area contributed by atoms with Crippen LogP contribution in [0.4, 0.5) is 15.8 Å². The number of hydrogen-bond acceptors (Lipinski definition) is 7. The second-order valence-corrected chi connectivity index (χ2v) is 10.1. The third-order valence-electron chi connectivity index (χ3n) is 6.68. The Hall–Kier alpha value is -2.91. The van der Waals surface area contributed by atoms with E-state index >= 15 is 0 Å². The maximum atomic E-state index is 13.0. The molecule has 0 radical (unpaired) electrons. The average molecular weight is 484 g/mol. The van der Waals surface area contributed by atoms with E-state index < -0.39 is 0 Å². The highest BCUT2D eigenvalue weighted by Gasteiger charge is 2.27. The van der Waals surface area contributed by atoms with Gasteiger partial charge in [-0.15, -0.1) is 0 Å². The molecule has 0 spiro atoms. The van der Waals surface area contributed by atoms with Gasteiger partial charge in [0.05, 0.1) is 12.3 Å². The number of nitrogens with zero attached hydrogens (tertiary/aromatic N) is 3. The highest BCUT2D eigenvalue weighted by molar-refractivity contribution is 7.19. The zero-order valence-electron chi connectivity index (χ0n) is 19.6. The molecule has 34 heavy (non-hydrogen) atoms. The predicted octanol–water partition coefficient (Wildman–Crippen LogP) is 3.72. The molecule has 182 valence electrons. The molecule has 2 fully saturated rings. The van der Waals surface area contributed by atoms with Gasteiger partial charge in [-0.3, -0.25) is 9.59 Å². The molecule has 2 aliphatic rings. The van der Waals surface area contributed by atoms with Crippen LogP contribution >= 0.6 is 11.3 Å². The van der Waals surface area contributed by atoms with Crippen molar-refractivity contribution in [3.63, 3.8) is 0 Å². The van der Waals surface area contributed by atoms with Crippen LogP contribution in [-0.4, -0.2) is 65.1 Å². The van der Waals surface area contributed by atoms with Crippen LogP contribution in [0.5, 0.6) is 0 Å². The number of benzene rings is 1. The number of aliphatic hydroxyl groups is 1. The Morgan fingerprint density at radius 2 is 1.94 bits per heavy atom. The van der Waals surface area contributed by atoms with Crippen LogP contribution in [0.1, 0.15) is 48.9 Å². The van der Waals surface area contributed by atoms with Crippen LogP contribution < -0.4 is 15.5 Å². The van der Waals surface area contributed by atoms with Crippen molar-refractivity contribution in [2.75, 3.05) is 35.7 Å². The molecule has 1 aromatic heterocycles. The van der Waals surface area contributed by atoms with Gasteiger partial charge in [0, 0.05) is 43.5 Å². The lowest BCUT2D eigenvalue weighted by atomic mass is 9.92. The molecule has 9 heteroatoms. The largest absolute Gasteiger partial charge is 0.393 e. The predicted molar refractivity (Wildman–Crippen MR) is 137 cm³/mol. The zero-order valence-corrected chi connectivity index (χ0v) is 20.4. The van der Waals surface area contributed by atoms with Gasteiger partial charge in [-0.1, -0.05) is 17.9 Å². The van der Waals surface area contributed by atoms with Crippen LogP contribution in [-0.2, 0) is 4.79 Å². The van der Waals surface area contributed by atoms with E-state index in [1.807, 2.05) is 11.1 Å². The van der Waals surface area contributed by atoms with E-state index in [0.717, 1.165) is 55.2 Å². The molecule has 3 N–H and O–H groups in total. The van der Waals surface area contributed by atoms with Gasteiger partial charge in [0.2, 0.25) is 5.91 Å². The van der Waals surface area contributed by atoms with Crippen molar-refractivity contribution in [3.8, 4) is 0 Å². The summed E-state index contributed by atoms with van der Waals surface area (Å²) in [6, 6.07) is 7.54. The van der Waals surface area contributed by atoms with Gasteiger partial charge < -0.3 is 25.5 Å². The standard InChI is InChI=1S/C25H33N5O3S/c1-3-22(32)27-18-8-6-17(7-9-18)24(33)30-14-4-5-19(16-30)28-25-26-15-23(34-25)29(2)20-10-12-21(31)13-11-20/h3,6-9,15,19-21,31H,1,4-5,10-14,16H2,2H3,(H,26,28)(H,27,32)/t19-,20?,21?/m1/s1. The van der Waals surface area contributed by atoms with E-state index in [0.29, 0.717) is 23.8 Å². The monoisotopic (exact) mass is 483 g/mol. The van der Waals surface area contributed by atoms with E-state index in [4.69, 9.17) is 0 Å². The number of aromatic nitrogens is 1. The summed E-state index contributed by atoms with van der Waals surface area (Å²) >= 11 is 1.64. The molecule has 0 bridgehead atoms.